The van der Waals surface area contributed by atoms with Crippen LogP contribution < -0.4 is 10.6 Å². The number of benzene rings is 2. The second-order valence-electron chi connectivity index (χ2n) is 6.47. The molecule has 0 aliphatic carbocycles. The predicted molar refractivity (Wildman–Crippen MR) is 112 cm³/mol. The number of hydrogen-bond donors (Lipinski definition) is 2. The molecule has 29 heavy (non-hydrogen) atoms. The van der Waals surface area contributed by atoms with Crippen molar-refractivity contribution in [2.45, 2.75) is 12.1 Å². The molecule has 3 rings (SSSR count). The third kappa shape index (κ3) is 5.68. The van der Waals surface area contributed by atoms with Crippen LogP contribution in [0.3, 0.4) is 0 Å². The maximum absolute atomic E-state index is 12.9. The molecule has 1 heterocycles. The van der Waals surface area contributed by atoms with E-state index in [9.17, 15) is 14.0 Å². The molecule has 0 saturated carbocycles. The largest absolute Gasteiger partial charge is 0.346 e. The summed E-state index contributed by atoms with van der Waals surface area (Å²) < 4.78 is 14.8. The Kier molecular flexibility index (Phi) is 6.66. The number of hydrogen-bond acceptors (Lipinski definition) is 4. The highest BCUT2D eigenvalue weighted by molar-refractivity contribution is 7.99. The fourth-order valence-corrected chi connectivity index (χ4v) is 3.40. The molecule has 2 aromatic carbocycles. The minimum absolute atomic E-state index is 0.141. The second-order valence-corrected chi connectivity index (χ2v) is 7.41. The van der Waals surface area contributed by atoms with Gasteiger partial charge in [-0.3, -0.25) is 9.59 Å². The Morgan fingerprint density at radius 3 is 2.45 bits per heavy atom. The lowest BCUT2D eigenvalue weighted by atomic mass is 10.1. The van der Waals surface area contributed by atoms with Crippen molar-refractivity contribution in [3.05, 3.63) is 66.1 Å². The summed E-state index contributed by atoms with van der Waals surface area (Å²) in [4.78, 5) is 28.3. The quantitative estimate of drug-likeness (QED) is 0.584. The van der Waals surface area contributed by atoms with Gasteiger partial charge in [-0.25, -0.2) is 9.37 Å². The number of aryl methyl sites for hydroxylation is 1. The summed E-state index contributed by atoms with van der Waals surface area (Å²) in [6.07, 6.45) is 1.78. The van der Waals surface area contributed by atoms with Gasteiger partial charge in [-0.15, -0.1) is 0 Å². The van der Waals surface area contributed by atoms with E-state index >= 15 is 0 Å². The number of carbonyl (C=O) groups is 2. The number of imidazole rings is 1. The Labute approximate surface area is 172 Å². The van der Waals surface area contributed by atoms with Gasteiger partial charge in [-0.2, -0.15) is 0 Å². The average molecular weight is 412 g/mol. The van der Waals surface area contributed by atoms with E-state index in [-0.39, 0.29) is 29.9 Å². The summed E-state index contributed by atoms with van der Waals surface area (Å²) in [5, 5.41) is 5.87. The molecule has 8 heteroatoms. The summed E-state index contributed by atoms with van der Waals surface area (Å²) in [6, 6.07) is 13.6. The zero-order valence-electron chi connectivity index (χ0n) is 16.1. The highest BCUT2D eigenvalue weighted by Crippen LogP contribution is 2.25. The number of thioether (sulfide) groups is 1. The van der Waals surface area contributed by atoms with Crippen LogP contribution >= 0.6 is 11.8 Å². The van der Waals surface area contributed by atoms with Crippen LogP contribution in [0, 0.1) is 12.7 Å². The molecule has 150 valence electrons. The standard InChI is InChI=1S/C21H21FN4O2S/c1-14-3-5-15(6-4-14)18-11-24-21(26(18)2)29-13-20(28)23-12-19(27)25-17-9-7-16(22)8-10-17/h3-11H,12-13H2,1-2H3,(H,23,28)(H,25,27). The van der Waals surface area contributed by atoms with Gasteiger partial charge in [0.15, 0.2) is 5.16 Å². The number of rotatable bonds is 7. The van der Waals surface area contributed by atoms with E-state index < -0.39 is 0 Å². The Hall–Kier alpha value is -3.13. The minimum Gasteiger partial charge on any atom is -0.346 e. The van der Waals surface area contributed by atoms with E-state index in [1.165, 1.54) is 41.6 Å². The maximum atomic E-state index is 12.9. The van der Waals surface area contributed by atoms with Gasteiger partial charge < -0.3 is 15.2 Å². The number of halogens is 1. The van der Waals surface area contributed by atoms with Crippen molar-refractivity contribution in [2.24, 2.45) is 7.05 Å². The Balaban J connectivity index is 1.47. The lowest BCUT2D eigenvalue weighted by Gasteiger charge is -2.08. The molecule has 3 aromatic rings. The van der Waals surface area contributed by atoms with E-state index in [1.807, 2.05) is 42.8 Å². The summed E-state index contributed by atoms with van der Waals surface area (Å²) in [7, 11) is 1.90. The van der Waals surface area contributed by atoms with Crippen LogP contribution in [-0.4, -0.2) is 33.7 Å². The predicted octanol–water partition coefficient (Wildman–Crippen LogP) is 3.38. The molecular weight excluding hydrogens is 391 g/mol. The maximum Gasteiger partial charge on any atom is 0.243 e. The zero-order chi connectivity index (χ0) is 20.8. The Morgan fingerprint density at radius 2 is 1.76 bits per heavy atom. The third-order valence-electron chi connectivity index (χ3n) is 4.20. The van der Waals surface area contributed by atoms with Crippen molar-refractivity contribution >= 4 is 29.3 Å². The average Bonchev–Trinajstić information content (AvgIpc) is 3.07. The fraction of sp³-hybridized carbons (Fsp3) is 0.190. The zero-order valence-corrected chi connectivity index (χ0v) is 16.9. The van der Waals surface area contributed by atoms with Gasteiger partial charge in [0.25, 0.3) is 0 Å². The van der Waals surface area contributed by atoms with E-state index in [0.717, 1.165) is 11.3 Å². The van der Waals surface area contributed by atoms with Crippen LogP contribution in [-0.2, 0) is 16.6 Å². The Bertz CT molecular complexity index is 1000. The monoisotopic (exact) mass is 412 g/mol. The van der Waals surface area contributed by atoms with Gasteiger partial charge >= 0.3 is 0 Å². The molecular formula is C21H21FN4O2S. The molecule has 0 unspecified atom stereocenters. The van der Waals surface area contributed by atoms with E-state index in [2.05, 4.69) is 15.6 Å². The van der Waals surface area contributed by atoms with Crippen molar-refractivity contribution in [1.29, 1.82) is 0 Å². The number of nitrogens with zero attached hydrogens (tertiary/aromatic N) is 2. The lowest BCUT2D eigenvalue weighted by Crippen LogP contribution is -2.33. The number of anilines is 1. The molecule has 0 spiro atoms. The van der Waals surface area contributed by atoms with Crippen LogP contribution in [0.2, 0.25) is 0 Å². The summed E-state index contributed by atoms with van der Waals surface area (Å²) >= 11 is 1.30. The van der Waals surface area contributed by atoms with Crippen molar-refractivity contribution < 1.29 is 14.0 Å². The molecule has 0 saturated heterocycles. The van der Waals surface area contributed by atoms with Crippen LogP contribution in [0.4, 0.5) is 10.1 Å². The molecule has 2 amide bonds. The number of amides is 2. The molecule has 0 aliphatic rings. The molecule has 0 fully saturated rings. The van der Waals surface area contributed by atoms with E-state index in [4.69, 9.17) is 0 Å². The topological polar surface area (TPSA) is 76.0 Å². The van der Waals surface area contributed by atoms with Crippen molar-refractivity contribution in [2.75, 3.05) is 17.6 Å². The summed E-state index contributed by atoms with van der Waals surface area (Å²) in [5.74, 6) is -0.895. The van der Waals surface area contributed by atoms with E-state index in [1.54, 1.807) is 6.20 Å². The Morgan fingerprint density at radius 1 is 1.07 bits per heavy atom. The van der Waals surface area contributed by atoms with Gasteiger partial charge in [-0.05, 0) is 36.8 Å². The minimum atomic E-state index is -0.381. The van der Waals surface area contributed by atoms with Crippen LogP contribution in [0.25, 0.3) is 11.3 Å². The normalized spacial score (nSPS) is 10.6. The second kappa shape index (κ2) is 9.38. The number of carbonyl (C=O) groups excluding carboxylic acids is 2. The van der Waals surface area contributed by atoms with Crippen molar-refractivity contribution in [3.8, 4) is 11.3 Å². The molecule has 0 radical (unpaired) electrons. The molecule has 0 bridgehead atoms. The molecule has 0 aliphatic heterocycles. The summed E-state index contributed by atoms with van der Waals surface area (Å²) in [5.41, 5.74) is 3.67. The van der Waals surface area contributed by atoms with Crippen LogP contribution in [0.15, 0.2) is 59.9 Å². The van der Waals surface area contributed by atoms with Crippen molar-refractivity contribution in [1.82, 2.24) is 14.9 Å². The van der Waals surface area contributed by atoms with Crippen molar-refractivity contribution in [3.63, 3.8) is 0 Å². The van der Waals surface area contributed by atoms with Crippen LogP contribution in [0.1, 0.15) is 5.56 Å². The highest BCUT2D eigenvalue weighted by atomic mass is 32.2. The van der Waals surface area contributed by atoms with Gasteiger partial charge in [0.2, 0.25) is 11.8 Å². The molecule has 6 nitrogen and oxygen atoms in total. The van der Waals surface area contributed by atoms with Gasteiger partial charge in [-0.1, -0.05) is 41.6 Å². The highest BCUT2D eigenvalue weighted by Gasteiger charge is 2.12. The fourth-order valence-electron chi connectivity index (χ4n) is 2.62. The first-order valence-corrected chi connectivity index (χ1v) is 9.94. The van der Waals surface area contributed by atoms with Gasteiger partial charge in [0.05, 0.1) is 24.2 Å². The summed E-state index contributed by atoms with van der Waals surface area (Å²) in [6.45, 7) is 1.87. The van der Waals surface area contributed by atoms with Crippen LogP contribution in [0.5, 0.6) is 0 Å². The van der Waals surface area contributed by atoms with Gasteiger partial charge in [0, 0.05) is 12.7 Å². The van der Waals surface area contributed by atoms with E-state index in [0.29, 0.717) is 10.8 Å². The third-order valence-corrected chi connectivity index (χ3v) is 5.24. The first kappa shape index (κ1) is 20.6. The molecule has 0 atom stereocenters. The number of aromatic nitrogens is 2. The first-order valence-electron chi connectivity index (χ1n) is 8.96. The lowest BCUT2D eigenvalue weighted by molar-refractivity contribution is -0.122. The smallest absolute Gasteiger partial charge is 0.243 e. The SMILES string of the molecule is Cc1ccc(-c2cnc(SCC(=O)NCC(=O)Nc3ccc(F)cc3)n2C)cc1. The number of nitrogens with one attached hydrogen (secondary N) is 2. The first-order chi connectivity index (χ1) is 13.9. The molecule has 1 aromatic heterocycles. The molecule has 2 N–H and O–H groups in total. The van der Waals surface area contributed by atoms with Gasteiger partial charge in [0.1, 0.15) is 5.82 Å².